The number of benzene rings is 1. The van der Waals surface area contributed by atoms with Crippen molar-refractivity contribution in [1.82, 2.24) is 5.32 Å². The molecule has 19 heavy (non-hydrogen) atoms. The summed E-state index contributed by atoms with van der Waals surface area (Å²) in [4.78, 5) is 0. The normalized spacial score (nSPS) is 14.4. The van der Waals surface area contributed by atoms with Gasteiger partial charge >= 0.3 is 0 Å². The van der Waals surface area contributed by atoms with Crippen LogP contribution in [0.3, 0.4) is 0 Å². The minimum absolute atomic E-state index is 0.292. The average molecular weight is 304 g/mol. The fraction of sp³-hybridized carbons (Fsp3) is 0.600. The van der Waals surface area contributed by atoms with Crippen LogP contribution in [-0.2, 0) is 4.74 Å². The van der Waals surface area contributed by atoms with Crippen LogP contribution in [-0.4, -0.2) is 20.3 Å². The monoisotopic (exact) mass is 303 g/mol. The smallest absolute Gasteiger partial charge is 0.0595 e. The molecule has 1 aromatic carbocycles. The summed E-state index contributed by atoms with van der Waals surface area (Å²) < 4.78 is 5.21. The van der Waals surface area contributed by atoms with E-state index in [-0.39, 0.29) is 0 Å². The minimum Gasteiger partial charge on any atom is -0.384 e. The van der Waals surface area contributed by atoms with Crippen molar-refractivity contribution in [3.8, 4) is 0 Å². The molecule has 0 aliphatic heterocycles. The molecule has 0 aliphatic rings. The van der Waals surface area contributed by atoms with Crippen LogP contribution in [0, 0.1) is 5.92 Å². The van der Waals surface area contributed by atoms with Crippen molar-refractivity contribution in [2.45, 2.75) is 32.7 Å². The van der Waals surface area contributed by atoms with E-state index in [1.807, 2.05) is 18.2 Å². The molecule has 0 saturated carbocycles. The number of hydrogen-bond donors (Lipinski definition) is 1. The first-order valence-electron chi connectivity index (χ1n) is 6.75. The maximum Gasteiger partial charge on any atom is 0.0595 e. The molecule has 0 spiro atoms. The van der Waals surface area contributed by atoms with E-state index in [0.29, 0.717) is 22.0 Å². The summed E-state index contributed by atoms with van der Waals surface area (Å²) in [6.45, 7) is 6.12. The lowest BCUT2D eigenvalue weighted by atomic mass is 9.96. The Morgan fingerprint density at radius 2 is 2.00 bits per heavy atom. The second-order valence-corrected chi connectivity index (χ2v) is 5.79. The van der Waals surface area contributed by atoms with Crippen molar-refractivity contribution < 1.29 is 4.74 Å². The van der Waals surface area contributed by atoms with Gasteiger partial charge in [-0.1, -0.05) is 43.1 Å². The molecule has 0 saturated heterocycles. The highest BCUT2D eigenvalue weighted by Gasteiger charge is 2.15. The molecule has 2 atom stereocenters. The number of methoxy groups -OCH3 is 1. The highest BCUT2D eigenvalue weighted by Crippen LogP contribution is 2.28. The minimum atomic E-state index is 0.292. The van der Waals surface area contributed by atoms with Crippen molar-refractivity contribution in [3.05, 3.63) is 33.8 Å². The van der Waals surface area contributed by atoms with Gasteiger partial charge < -0.3 is 10.1 Å². The standard InChI is InChI=1S/C15H23Cl2NO/c1-4-7-18-15(8-11(2)10-19-3)12-5-6-13(16)14(17)9-12/h5-6,9,11,15,18H,4,7-8,10H2,1-3H3. The Balaban J connectivity index is 2.79. The lowest BCUT2D eigenvalue weighted by molar-refractivity contribution is 0.149. The number of nitrogens with one attached hydrogen (secondary N) is 1. The quantitative estimate of drug-likeness (QED) is 0.751. The topological polar surface area (TPSA) is 21.3 Å². The van der Waals surface area contributed by atoms with Crippen molar-refractivity contribution in [1.29, 1.82) is 0 Å². The van der Waals surface area contributed by atoms with E-state index in [1.54, 1.807) is 7.11 Å². The van der Waals surface area contributed by atoms with Crippen molar-refractivity contribution in [2.24, 2.45) is 5.92 Å². The first-order chi connectivity index (χ1) is 9.08. The summed E-state index contributed by atoms with van der Waals surface area (Å²) in [6, 6.07) is 6.15. The van der Waals surface area contributed by atoms with Gasteiger partial charge in [0.2, 0.25) is 0 Å². The summed E-state index contributed by atoms with van der Waals surface area (Å²) in [5.41, 5.74) is 1.19. The molecule has 0 fully saturated rings. The Kier molecular flexibility index (Phi) is 7.77. The summed E-state index contributed by atoms with van der Waals surface area (Å²) in [5.74, 6) is 0.494. The molecule has 0 heterocycles. The highest BCUT2D eigenvalue weighted by molar-refractivity contribution is 6.42. The molecule has 2 nitrogen and oxygen atoms in total. The lowest BCUT2D eigenvalue weighted by Crippen LogP contribution is -2.25. The van der Waals surface area contributed by atoms with Crippen molar-refractivity contribution in [2.75, 3.05) is 20.3 Å². The van der Waals surface area contributed by atoms with Gasteiger partial charge in [0.1, 0.15) is 0 Å². The van der Waals surface area contributed by atoms with E-state index in [2.05, 4.69) is 19.2 Å². The van der Waals surface area contributed by atoms with Gasteiger partial charge in [-0.3, -0.25) is 0 Å². The zero-order chi connectivity index (χ0) is 14.3. The van der Waals surface area contributed by atoms with Gasteiger partial charge in [-0.25, -0.2) is 0 Å². The third-order valence-corrected chi connectivity index (χ3v) is 3.82. The maximum absolute atomic E-state index is 6.11. The predicted octanol–water partition coefficient (Wildman–Crippen LogP) is 4.71. The van der Waals surface area contributed by atoms with Crippen LogP contribution < -0.4 is 5.32 Å². The Morgan fingerprint density at radius 1 is 1.26 bits per heavy atom. The number of halogens is 2. The first kappa shape index (κ1) is 16.8. The Labute approximate surface area is 126 Å². The van der Waals surface area contributed by atoms with Gasteiger partial charge in [0.05, 0.1) is 10.0 Å². The number of hydrogen-bond acceptors (Lipinski definition) is 2. The van der Waals surface area contributed by atoms with E-state index >= 15 is 0 Å². The van der Waals surface area contributed by atoms with Gasteiger partial charge in [0, 0.05) is 19.8 Å². The molecule has 4 heteroatoms. The molecule has 108 valence electrons. The van der Waals surface area contributed by atoms with Gasteiger partial charge in [-0.2, -0.15) is 0 Å². The summed E-state index contributed by atoms with van der Waals surface area (Å²) in [6.07, 6.45) is 2.13. The predicted molar refractivity (Wildman–Crippen MR) is 83.2 cm³/mol. The van der Waals surface area contributed by atoms with Crippen LogP contribution in [0.5, 0.6) is 0 Å². The fourth-order valence-corrected chi connectivity index (χ4v) is 2.45. The first-order valence-corrected chi connectivity index (χ1v) is 7.51. The number of rotatable bonds is 8. The Bertz CT molecular complexity index is 384. The Morgan fingerprint density at radius 3 is 2.58 bits per heavy atom. The SMILES string of the molecule is CCCNC(CC(C)COC)c1ccc(Cl)c(Cl)c1. The fourth-order valence-electron chi connectivity index (χ4n) is 2.14. The lowest BCUT2D eigenvalue weighted by Gasteiger charge is -2.23. The highest BCUT2D eigenvalue weighted by atomic mass is 35.5. The van der Waals surface area contributed by atoms with Crippen LogP contribution in [0.15, 0.2) is 18.2 Å². The molecule has 0 aliphatic carbocycles. The molecule has 2 unspecified atom stereocenters. The Hall–Kier alpha value is -0.280. The van der Waals surface area contributed by atoms with Crippen LogP contribution >= 0.6 is 23.2 Å². The molecule has 0 bridgehead atoms. The van der Waals surface area contributed by atoms with Crippen LogP contribution in [0.2, 0.25) is 10.0 Å². The van der Waals surface area contributed by atoms with E-state index in [9.17, 15) is 0 Å². The van der Waals surface area contributed by atoms with Gasteiger partial charge in [0.25, 0.3) is 0 Å². The molecule has 0 aromatic heterocycles. The van der Waals surface area contributed by atoms with Gasteiger partial charge in [0.15, 0.2) is 0 Å². The molecular formula is C15H23Cl2NO. The van der Waals surface area contributed by atoms with Crippen molar-refractivity contribution >= 4 is 23.2 Å². The number of ether oxygens (including phenoxy) is 1. The molecule has 1 rings (SSSR count). The van der Waals surface area contributed by atoms with E-state index in [1.165, 1.54) is 5.56 Å². The largest absolute Gasteiger partial charge is 0.384 e. The van der Waals surface area contributed by atoms with E-state index in [0.717, 1.165) is 26.0 Å². The molecule has 1 aromatic rings. The van der Waals surface area contributed by atoms with E-state index < -0.39 is 0 Å². The second kappa shape index (κ2) is 8.80. The van der Waals surface area contributed by atoms with Crippen LogP contribution in [0.1, 0.15) is 38.3 Å². The van der Waals surface area contributed by atoms with Crippen LogP contribution in [0.4, 0.5) is 0 Å². The zero-order valence-electron chi connectivity index (χ0n) is 11.9. The summed E-state index contributed by atoms with van der Waals surface area (Å²) >= 11 is 12.1. The average Bonchev–Trinajstić information content (AvgIpc) is 2.38. The molecular weight excluding hydrogens is 281 g/mol. The van der Waals surface area contributed by atoms with Crippen LogP contribution in [0.25, 0.3) is 0 Å². The summed E-state index contributed by atoms with van der Waals surface area (Å²) in [5, 5.41) is 4.78. The third kappa shape index (κ3) is 5.70. The second-order valence-electron chi connectivity index (χ2n) is 4.98. The maximum atomic E-state index is 6.11. The van der Waals surface area contributed by atoms with E-state index in [4.69, 9.17) is 27.9 Å². The summed E-state index contributed by atoms with van der Waals surface area (Å²) in [7, 11) is 1.74. The van der Waals surface area contributed by atoms with Gasteiger partial charge in [-0.05, 0) is 43.0 Å². The zero-order valence-corrected chi connectivity index (χ0v) is 13.4. The van der Waals surface area contributed by atoms with Crippen molar-refractivity contribution in [3.63, 3.8) is 0 Å². The third-order valence-electron chi connectivity index (χ3n) is 3.08. The molecule has 1 N–H and O–H groups in total. The van der Waals surface area contributed by atoms with Gasteiger partial charge in [-0.15, -0.1) is 0 Å². The molecule has 0 amide bonds. The molecule has 0 radical (unpaired) electrons.